The molecule has 4 heteroatoms. The number of carbonyl (C=O) groups excluding carboxylic acids is 1. The number of rotatable bonds is 4. The minimum absolute atomic E-state index is 0.0931. The summed E-state index contributed by atoms with van der Waals surface area (Å²) in [5, 5.41) is 2.84. The van der Waals surface area contributed by atoms with Gasteiger partial charge in [-0.25, -0.2) is 0 Å². The van der Waals surface area contributed by atoms with Gasteiger partial charge in [-0.1, -0.05) is 30.3 Å². The van der Waals surface area contributed by atoms with Gasteiger partial charge in [0.1, 0.15) is 6.79 Å². The second-order valence-electron chi connectivity index (χ2n) is 4.21. The van der Waals surface area contributed by atoms with Crippen molar-refractivity contribution < 1.29 is 14.3 Å². The van der Waals surface area contributed by atoms with Crippen molar-refractivity contribution in [2.75, 3.05) is 26.6 Å². The van der Waals surface area contributed by atoms with E-state index in [1.165, 1.54) is 0 Å². The summed E-state index contributed by atoms with van der Waals surface area (Å²) in [5.41, 5.74) is 1.01. The molecule has 1 aliphatic heterocycles. The number of hydrogen-bond donors (Lipinski definition) is 1. The van der Waals surface area contributed by atoms with E-state index in [2.05, 4.69) is 5.32 Å². The normalized spacial score (nSPS) is 16.9. The molecule has 0 radical (unpaired) electrons. The lowest BCUT2D eigenvalue weighted by Crippen LogP contribution is -2.35. The van der Waals surface area contributed by atoms with Crippen molar-refractivity contribution in [3.05, 3.63) is 42.0 Å². The Morgan fingerprint density at radius 3 is 2.72 bits per heavy atom. The summed E-state index contributed by atoms with van der Waals surface area (Å²) >= 11 is 0. The number of carbonyl (C=O) groups is 1. The van der Waals surface area contributed by atoms with Gasteiger partial charge in [-0.05, 0) is 11.6 Å². The van der Waals surface area contributed by atoms with E-state index in [-0.39, 0.29) is 11.8 Å². The zero-order valence-corrected chi connectivity index (χ0v) is 10.2. The largest absolute Gasteiger partial charge is 0.355 e. The van der Waals surface area contributed by atoms with Crippen molar-refractivity contribution in [3.8, 4) is 0 Å². The van der Waals surface area contributed by atoms with E-state index in [0.29, 0.717) is 26.6 Å². The third-order valence-electron chi connectivity index (χ3n) is 2.67. The topological polar surface area (TPSA) is 47.6 Å². The first-order chi connectivity index (χ1) is 8.84. The first-order valence-electron chi connectivity index (χ1n) is 6.01. The summed E-state index contributed by atoms with van der Waals surface area (Å²) in [6.45, 7) is 2.22. The molecule has 0 bridgehead atoms. The molecule has 0 aromatic heterocycles. The summed E-state index contributed by atoms with van der Waals surface area (Å²) in [6.07, 6.45) is 3.34. The highest BCUT2D eigenvalue weighted by Gasteiger charge is 2.14. The summed E-state index contributed by atoms with van der Waals surface area (Å²) < 4.78 is 10.3. The van der Waals surface area contributed by atoms with E-state index in [0.717, 1.165) is 5.56 Å². The standard InChI is InChI=1S/C14H17NO3/c16-14(7-6-12-4-2-1-3-5-12)15-8-13-9-17-11-18-10-13/h1-7,13H,8-11H2,(H,15,16). The van der Waals surface area contributed by atoms with E-state index in [9.17, 15) is 4.79 Å². The highest BCUT2D eigenvalue weighted by atomic mass is 16.7. The Hall–Kier alpha value is -1.65. The summed E-state index contributed by atoms with van der Waals surface area (Å²) in [4.78, 5) is 11.6. The van der Waals surface area contributed by atoms with E-state index in [4.69, 9.17) is 9.47 Å². The zero-order valence-electron chi connectivity index (χ0n) is 10.2. The number of hydrogen-bond acceptors (Lipinski definition) is 3. The molecular formula is C14H17NO3. The third-order valence-corrected chi connectivity index (χ3v) is 2.67. The average Bonchev–Trinajstić information content (AvgIpc) is 2.45. The molecule has 1 heterocycles. The molecule has 0 spiro atoms. The Morgan fingerprint density at radius 1 is 1.28 bits per heavy atom. The lowest BCUT2D eigenvalue weighted by atomic mass is 10.1. The predicted molar refractivity (Wildman–Crippen MR) is 68.7 cm³/mol. The fourth-order valence-corrected chi connectivity index (χ4v) is 1.69. The molecule has 4 nitrogen and oxygen atoms in total. The maximum atomic E-state index is 11.6. The Morgan fingerprint density at radius 2 is 2.00 bits per heavy atom. The van der Waals surface area contributed by atoms with Crippen molar-refractivity contribution >= 4 is 12.0 Å². The van der Waals surface area contributed by atoms with Crippen LogP contribution in [-0.4, -0.2) is 32.5 Å². The highest BCUT2D eigenvalue weighted by molar-refractivity contribution is 5.91. The maximum Gasteiger partial charge on any atom is 0.244 e. The van der Waals surface area contributed by atoms with Gasteiger partial charge in [-0.2, -0.15) is 0 Å². The summed E-state index contributed by atoms with van der Waals surface area (Å²) in [5.74, 6) is 0.150. The van der Waals surface area contributed by atoms with Gasteiger partial charge in [0.05, 0.1) is 13.2 Å². The van der Waals surface area contributed by atoms with Crippen molar-refractivity contribution in [3.63, 3.8) is 0 Å². The molecule has 1 N–H and O–H groups in total. The van der Waals surface area contributed by atoms with Crippen LogP contribution in [-0.2, 0) is 14.3 Å². The molecule has 0 unspecified atom stereocenters. The molecule has 0 aliphatic carbocycles. The molecule has 1 fully saturated rings. The number of benzene rings is 1. The van der Waals surface area contributed by atoms with Crippen LogP contribution in [0.5, 0.6) is 0 Å². The Kier molecular flexibility index (Phi) is 4.93. The lowest BCUT2D eigenvalue weighted by molar-refractivity contribution is -0.128. The van der Waals surface area contributed by atoms with E-state index in [1.54, 1.807) is 12.2 Å². The molecule has 0 atom stereocenters. The van der Waals surface area contributed by atoms with Gasteiger partial charge in [0.25, 0.3) is 0 Å². The van der Waals surface area contributed by atoms with Crippen LogP contribution in [0.4, 0.5) is 0 Å². The van der Waals surface area contributed by atoms with E-state index in [1.807, 2.05) is 30.3 Å². The molecule has 1 saturated heterocycles. The number of nitrogens with one attached hydrogen (secondary N) is 1. The predicted octanol–water partition coefficient (Wildman–Crippen LogP) is 1.44. The first kappa shape index (κ1) is 12.8. The highest BCUT2D eigenvalue weighted by Crippen LogP contribution is 2.04. The van der Waals surface area contributed by atoms with Crippen LogP contribution in [0.2, 0.25) is 0 Å². The molecule has 2 rings (SSSR count). The monoisotopic (exact) mass is 247 g/mol. The second kappa shape index (κ2) is 6.93. The molecular weight excluding hydrogens is 230 g/mol. The van der Waals surface area contributed by atoms with Crippen LogP contribution in [0.25, 0.3) is 6.08 Å². The number of ether oxygens (including phenoxy) is 2. The quantitative estimate of drug-likeness (QED) is 0.819. The molecule has 18 heavy (non-hydrogen) atoms. The smallest absolute Gasteiger partial charge is 0.244 e. The van der Waals surface area contributed by atoms with Crippen LogP contribution in [0.1, 0.15) is 5.56 Å². The Balaban J connectivity index is 1.73. The fraction of sp³-hybridized carbons (Fsp3) is 0.357. The van der Waals surface area contributed by atoms with Crippen LogP contribution in [0.3, 0.4) is 0 Å². The van der Waals surface area contributed by atoms with Crippen LogP contribution in [0, 0.1) is 5.92 Å². The van der Waals surface area contributed by atoms with Crippen LogP contribution in [0.15, 0.2) is 36.4 Å². The van der Waals surface area contributed by atoms with Crippen LogP contribution >= 0.6 is 0 Å². The first-order valence-corrected chi connectivity index (χ1v) is 6.01. The average molecular weight is 247 g/mol. The van der Waals surface area contributed by atoms with Crippen LogP contribution < -0.4 is 5.32 Å². The van der Waals surface area contributed by atoms with Gasteiger partial charge < -0.3 is 14.8 Å². The molecule has 1 amide bonds. The van der Waals surface area contributed by atoms with Gasteiger partial charge in [0.15, 0.2) is 0 Å². The Labute approximate surface area is 107 Å². The molecule has 1 aromatic rings. The zero-order chi connectivity index (χ0) is 12.6. The minimum Gasteiger partial charge on any atom is -0.355 e. The number of amides is 1. The van der Waals surface area contributed by atoms with Gasteiger partial charge in [0, 0.05) is 18.5 Å². The van der Waals surface area contributed by atoms with Gasteiger partial charge in [-0.3, -0.25) is 4.79 Å². The second-order valence-corrected chi connectivity index (χ2v) is 4.21. The minimum atomic E-state index is -0.0931. The lowest BCUT2D eigenvalue weighted by Gasteiger charge is -2.22. The van der Waals surface area contributed by atoms with Gasteiger partial charge in [0.2, 0.25) is 5.91 Å². The van der Waals surface area contributed by atoms with Crippen molar-refractivity contribution in [2.45, 2.75) is 0 Å². The van der Waals surface area contributed by atoms with E-state index >= 15 is 0 Å². The molecule has 1 aliphatic rings. The molecule has 96 valence electrons. The van der Waals surface area contributed by atoms with Gasteiger partial charge in [-0.15, -0.1) is 0 Å². The third kappa shape index (κ3) is 4.31. The van der Waals surface area contributed by atoms with Gasteiger partial charge >= 0.3 is 0 Å². The van der Waals surface area contributed by atoms with Crippen molar-refractivity contribution in [2.24, 2.45) is 5.92 Å². The summed E-state index contributed by atoms with van der Waals surface area (Å²) in [6, 6.07) is 9.72. The molecule has 1 aromatic carbocycles. The fourth-order valence-electron chi connectivity index (χ4n) is 1.69. The van der Waals surface area contributed by atoms with Crippen molar-refractivity contribution in [1.29, 1.82) is 0 Å². The molecule has 0 saturated carbocycles. The Bertz CT molecular complexity index is 397. The van der Waals surface area contributed by atoms with E-state index < -0.39 is 0 Å². The maximum absolute atomic E-state index is 11.6. The SMILES string of the molecule is O=C(C=Cc1ccccc1)NCC1COCOC1. The van der Waals surface area contributed by atoms with Crippen molar-refractivity contribution in [1.82, 2.24) is 5.32 Å². The summed E-state index contributed by atoms with van der Waals surface area (Å²) in [7, 11) is 0.